The normalized spacial score (nSPS) is 16.2. The molecule has 0 N–H and O–H groups in total. The van der Waals surface area contributed by atoms with Crippen LogP contribution in [0.5, 0.6) is 11.5 Å². The van der Waals surface area contributed by atoms with E-state index in [-0.39, 0.29) is 17.8 Å². The van der Waals surface area contributed by atoms with Gasteiger partial charge in [-0.2, -0.15) is 0 Å². The summed E-state index contributed by atoms with van der Waals surface area (Å²) in [5, 5.41) is -0.356. The number of terminal acetylenes is 1. The van der Waals surface area contributed by atoms with E-state index in [1.54, 1.807) is 30.3 Å². The molecule has 2 amide bonds. The Morgan fingerprint density at radius 3 is 2.71 bits per heavy atom. The van der Waals surface area contributed by atoms with E-state index in [1.807, 2.05) is 19.1 Å². The first kappa shape index (κ1) is 20.1. The second kappa shape index (κ2) is 9.05. The number of nitrogens with zero attached hydrogens (tertiary/aromatic N) is 1. The van der Waals surface area contributed by atoms with Crippen LogP contribution in [0, 0.1) is 12.3 Å². The van der Waals surface area contributed by atoms with Crippen molar-refractivity contribution in [3.8, 4) is 23.8 Å². The molecule has 0 bridgehead atoms. The third kappa shape index (κ3) is 4.44. The fourth-order valence-electron chi connectivity index (χ4n) is 2.84. The average Bonchev–Trinajstić information content (AvgIpc) is 2.94. The summed E-state index contributed by atoms with van der Waals surface area (Å²) < 4.78 is 11.1. The molecule has 1 aliphatic heterocycles. The van der Waals surface area contributed by atoms with Gasteiger partial charge in [0.25, 0.3) is 5.24 Å². The van der Waals surface area contributed by atoms with Crippen molar-refractivity contribution >= 4 is 40.2 Å². The topological polar surface area (TPSA) is 55.8 Å². The van der Waals surface area contributed by atoms with Gasteiger partial charge in [-0.05, 0) is 49.2 Å². The molecule has 0 spiro atoms. The van der Waals surface area contributed by atoms with Crippen LogP contribution in [0.3, 0.4) is 0 Å². The summed E-state index contributed by atoms with van der Waals surface area (Å²) in [7, 11) is 0. The van der Waals surface area contributed by atoms with Gasteiger partial charge in [0.2, 0.25) is 5.91 Å². The van der Waals surface area contributed by atoms with Gasteiger partial charge in [0.05, 0.1) is 17.5 Å². The fourth-order valence-corrected chi connectivity index (χ4v) is 4.05. The third-order valence-electron chi connectivity index (χ3n) is 4.03. The minimum Gasteiger partial charge on any atom is -0.490 e. The molecule has 2 aromatic rings. The highest BCUT2D eigenvalue weighted by Gasteiger charge is 2.40. The molecule has 1 aliphatic rings. The summed E-state index contributed by atoms with van der Waals surface area (Å²) in [5.41, 5.74) is 1.34. The molecule has 28 heavy (non-hydrogen) atoms. The Morgan fingerprint density at radius 2 is 2.00 bits per heavy atom. The maximum atomic E-state index is 12.8. The number of hydrogen-bond acceptors (Lipinski definition) is 5. The van der Waals surface area contributed by atoms with Crippen LogP contribution in [0.2, 0.25) is 5.02 Å². The van der Waals surface area contributed by atoms with E-state index in [0.717, 1.165) is 17.3 Å². The molecule has 0 unspecified atom stereocenters. The van der Waals surface area contributed by atoms with Crippen LogP contribution in [-0.2, 0) is 11.2 Å². The van der Waals surface area contributed by atoms with Crippen LogP contribution < -0.4 is 14.4 Å². The highest BCUT2D eigenvalue weighted by atomic mass is 35.5. The molecule has 7 heteroatoms. The number of ether oxygens (including phenoxy) is 2. The van der Waals surface area contributed by atoms with E-state index in [1.165, 1.54) is 4.90 Å². The van der Waals surface area contributed by atoms with Gasteiger partial charge in [-0.25, -0.2) is 4.90 Å². The van der Waals surface area contributed by atoms with Gasteiger partial charge < -0.3 is 9.47 Å². The zero-order chi connectivity index (χ0) is 20.1. The Hall–Kier alpha value is -2.62. The van der Waals surface area contributed by atoms with Crippen molar-refractivity contribution in [2.24, 2.45) is 0 Å². The first-order chi connectivity index (χ1) is 13.5. The van der Waals surface area contributed by atoms with Crippen LogP contribution in [0.15, 0.2) is 42.5 Å². The highest BCUT2D eigenvalue weighted by molar-refractivity contribution is 8.15. The number of thioether (sulfide) groups is 1. The van der Waals surface area contributed by atoms with Crippen molar-refractivity contribution in [3.05, 3.63) is 53.1 Å². The van der Waals surface area contributed by atoms with E-state index in [9.17, 15) is 9.59 Å². The van der Waals surface area contributed by atoms with Crippen molar-refractivity contribution in [3.63, 3.8) is 0 Å². The summed E-state index contributed by atoms with van der Waals surface area (Å²) in [6.45, 7) is 2.48. The van der Waals surface area contributed by atoms with Crippen LogP contribution in [0.1, 0.15) is 12.5 Å². The Balaban J connectivity index is 1.78. The zero-order valence-electron chi connectivity index (χ0n) is 15.2. The number of halogens is 1. The number of anilines is 1. The van der Waals surface area contributed by atoms with Crippen LogP contribution in [-0.4, -0.2) is 29.6 Å². The molecular formula is C21H18ClNO4S. The van der Waals surface area contributed by atoms with E-state index in [4.69, 9.17) is 27.5 Å². The quantitative estimate of drug-likeness (QED) is 0.620. The zero-order valence-corrected chi connectivity index (χ0v) is 16.8. The van der Waals surface area contributed by atoms with E-state index < -0.39 is 5.25 Å². The molecule has 1 heterocycles. The lowest BCUT2D eigenvalue weighted by Gasteiger charge is -2.15. The van der Waals surface area contributed by atoms with Crippen molar-refractivity contribution < 1.29 is 19.1 Å². The van der Waals surface area contributed by atoms with Crippen molar-refractivity contribution in [1.82, 2.24) is 0 Å². The Morgan fingerprint density at radius 1 is 1.18 bits per heavy atom. The molecule has 1 atom stereocenters. The van der Waals surface area contributed by atoms with Gasteiger partial charge in [-0.3, -0.25) is 9.59 Å². The summed E-state index contributed by atoms with van der Waals surface area (Å²) in [6.07, 6.45) is 5.63. The summed E-state index contributed by atoms with van der Waals surface area (Å²) in [4.78, 5) is 26.4. The Kier molecular flexibility index (Phi) is 6.50. The molecule has 1 saturated heterocycles. The number of carbonyl (C=O) groups is 2. The number of benzene rings is 2. The standard InChI is InChI=1S/C21H18ClNO4S/c1-3-10-27-17-9-8-14(11-18(17)26-4-2)12-19-20(24)23(21(25)28-19)16-7-5-6-15(22)13-16/h1,5-9,11,13,19H,4,10,12H2,2H3/t19-/m0/s1. The van der Waals surface area contributed by atoms with Gasteiger partial charge in [0, 0.05) is 5.02 Å². The van der Waals surface area contributed by atoms with Gasteiger partial charge in [-0.1, -0.05) is 41.4 Å². The predicted octanol–water partition coefficient (Wildman–Crippen LogP) is 4.56. The molecule has 0 aromatic heterocycles. The number of rotatable bonds is 7. The molecule has 1 fully saturated rings. The maximum absolute atomic E-state index is 12.8. The second-order valence-electron chi connectivity index (χ2n) is 5.94. The minimum absolute atomic E-state index is 0.138. The molecule has 2 aromatic carbocycles. The van der Waals surface area contributed by atoms with Crippen LogP contribution >= 0.6 is 23.4 Å². The molecule has 3 rings (SSSR count). The van der Waals surface area contributed by atoms with E-state index in [0.29, 0.717) is 35.2 Å². The van der Waals surface area contributed by atoms with Crippen molar-refractivity contribution in [1.29, 1.82) is 0 Å². The largest absolute Gasteiger partial charge is 0.490 e. The smallest absolute Gasteiger partial charge is 0.293 e. The van der Waals surface area contributed by atoms with Crippen molar-refractivity contribution in [2.75, 3.05) is 18.1 Å². The summed E-state index contributed by atoms with van der Waals surface area (Å²) in [5.74, 6) is 3.26. The molecule has 0 saturated carbocycles. The lowest BCUT2D eigenvalue weighted by molar-refractivity contribution is -0.117. The second-order valence-corrected chi connectivity index (χ2v) is 7.53. The number of amides is 2. The van der Waals surface area contributed by atoms with Gasteiger partial charge in [0.1, 0.15) is 6.61 Å². The van der Waals surface area contributed by atoms with Gasteiger partial charge in [-0.15, -0.1) is 6.42 Å². The average molecular weight is 416 g/mol. The molecule has 144 valence electrons. The number of imide groups is 1. The molecule has 5 nitrogen and oxygen atoms in total. The first-order valence-electron chi connectivity index (χ1n) is 8.65. The molecule has 0 aliphatic carbocycles. The fraction of sp³-hybridized carbons (Fsp3) is 0.238. The van der Waals surface area contributed by atoms with E-state index >= 15 is 0 Å². The summed E-state index contributed by atoms with van der Waals surface area (Å²) >= 11 is 7.00. The molecular weight excluding hydrogens is 398 g/mol. The lowest BCUT2D eigenvalue weighted by Crippen LogP contribution is -2.32. The van der Waals surface area contributed by atoms with Crippen molar-refractivity contribution in [2.45, 2.75) is 18.6 Å². The molecule has 0 radical (unpaired) electrons. The van der Waals surface area contributed by atoms with Crippen LogP contribution in [0.25, 0.3) is 0 Å². The lowest BCUT2D eigenvalue weighted by atomic mass is 10.1. The number of carbonyl (C=O) groups excluding carboxylic acids is 2. The minimum atomic E-state index is -0.515. The van der Waals surface area contributed by atoms with Gasteiger partial charge in [0.15, 0.2) is 11.5 Å². The van der Waals surface area contributed by atoms with Crippen LogP contribution in [0.4, 0.5) is 10.5 Å². The predicted molar refractivity (Wildman–Crippen MR) is 111 cm³/mol. The Bertz CT molecular complexity index is 940. The van der Waals surface area contributed by atoms with Gasteiger partial charge >= 0.3 is 0 Å². The monoisotopic (exact) mass is 415 g/mol. The SMILES string of the molecule is C#CCOc1ccc(C[C@@H]2SC(=O)N(c3cccc(Cl)c3)C2=O)cc1OCC. The summed E-state index contributed by atoms with van der Waals surface area (Å²) in [6, 6.07) is 12.1. The number of hydrogen-bond donors (Lipinski definition) is 0. The Labute approximate surface area is 173 Å². The highest BCUT2D eigenvalue weighted by Crippen LogP contribution is 2.36. The first-order valence-corrected chi connectivity index (χ1v) is 9.91. The third-order valence-corrected chi connectivity index (χ3v) is 5.30. The van der Waals surface area contributed by atoms with E-state index in [2.05, 4.69) is 5.92 Å². The maximum Gasteiger partial charge on any atom is 0.293 e.